The van der Waals surface area contributed by atoms with Gasteiger partial charge in [-0.2, -0.15) is 0 Å². The lowest BCUT2D eigenvalue weighted by Gasteiger charge is -2.43. The summed E-state index contributed by atoms with van der Waals surface area (Å²) in [5, 5.41) is 22.0. The summed E-state index contributed by atoms with van der Waals surface area (Å²) in [7, 11) is 0. The molecule has 2 N–H and O–H groups in total. The summed E-state index contributed by atoms with van der Waals surface area (Å²) in [5.74, 6) is 0.809. The summed E-state index contributed by atoms with van der Waals surface area (Å²) in [4.78, 5) is 2.27. The second kappa shape index (κ2) is 9.04. The van der Waals surface area contributed by atoms with Crippen LogP contribution in [0.25, 0.3) is 0 Å². The van der Waals surface area contributed by atoms with Crippen molar-refractivity contribution in [2.24, 2.45) is 0 Å². The van der Waals surface area contributed by atoms with Crippen LogP contribution in [0.3, 0.4) is 0 Å². The molecule has 2 aromatic rings. The molecular weight excluding hydrogens is 381 g/mol. The summed E-state index contributed by atoms with van der Waals surface area (Å²) in [6.07, 6.45) is 4.89. The van der Waals surface area contributed by atoms with Gasteiger partial charge in [-0.05, 0) is 74.3 Å². The minimum Gasteiger partial charge on any atom is -0.491 e. The van der Waals surface area contributed by atoms with Gasteiger partial charge in [0.25, 0.3) is 0 Å². The van der Waals surface area contributed by atoms with E-state index in [4.69, 9.17) is 4.74 Å². The minimum atomic E-state index is -0.877. The SMILES string of the molecule is OC1(COc2ccc(F)cc2)CCN(CC2(O)CCC(c3ccccc3)CC2)CC1. The number of hydrogen-bond donors (Lipinski definition) is 2. The van der Waals surface area contributed by atoms with Gasteiger partial charge < -0.3 is 19.8 Å². The zero-order chi connectivity index (χ0) is 21.0. The molecule has 4 nitrogen and oxygen atoms in total. The van der Waals surface area contributed by atoms with Crippen molar-refractivity contribution in [1.29, 1.82) is 0 Å². The van der Waals surface area contributed by atoms with E-state index in [9.17, 15) is 14.6 Å². The molecule has 30 heavy (non-hydrogen) atoms. The van der Waals surface area contributed by atoms with E-state index in [1.54, 1.807) is 12.1 Å². The van der Waals surface area contributed by atoms with E-state index in [-0.39, 0.29) is 12.4 Å². The fourth-order valence-corrected chi connectivity index (χ4v) is 4.81. The van der Waals surface area contributed by atoms with Gasteiger partial charge in [-0.25, -0.2) is 4.39 Å². The normalized spacial score (nSPS) is 27.0. The van der Waals surface area contributed by atoms with Gasteiger partial charge in [0.15, 0.2) is 0 Å². The molecule has 162 valence electrons. The fraction of sp³-hybridized carbons (Fsp3) is 0.520. The number of nitrogens with zero attached hydrogens (tertiary/aromatic N) is 1. The first-order chi connectivity index (χ1) is 14.4. The van der Waals surface area contributed by atoms with Crippen molar-refractivity contribution in [2.45, 2.75) is 55.6 Å². The molecule has 2 aliphatic rings. The maximum atomic E-state index is 13.0. The Morgan fingerprint density at radius 3 is 2.13 bits per heavy atom. The van der Waals surface area contributed by atoms with E-state index in [1.807, 2.05) is 6.07 Å². The lowest BCUT2D eigenvalue weighted by atomic mass is 9.75. The van der Waals surface area contributed by atoms with Gasteiger partial charge in [0.05, 0.1) is 5.60 Å². The summed E-state index contributed by atoms with van der Waals surface area (Å²) in [5.41, 5.74) is -0.132. The Kier molecular flexibility index (Phi) is 6.42. The Morgan fingerprint density at radius 2 is 1.50 bits per heavy atom. The summed E-state index contributed by atoms with van der Waals surface area (Å²) in [6, 6.07) is 16.5. The predicted octanol–water partition coefficient (Wildman–Crippen LogP) is 4.12. The van der Waals surface area contributed by atoms with E-state index in [1.165, 1.54) is 17.7 Å². The Hall–Kier alpha value is -1.95. The van der Waals surface area contributed by atoms with Crippen LogP contribution in [0.5, 0.6) is 5.75 Å². The average molecular weight is 414 g/mol. The molecule has 4 rings (SSSR count). The molecule has 0 atom stereocenters. The van der Waals surface area contributed by atoms with Crippen molar-refractivity contribution < 1.29 is 19.3 Å². The molecule has 1 saturated carbocycles. The van der Waals surface area contributed by atoms with Crippen molar-refractivity contribution in [3.05, 3.63) is 66.0 Å². The van der Waals surface area contributed by atoms with Gasteiger partial charge in [0.1, 0.15) is 23.8 Å². The molecule has 0 radical (unpaired) electrons. The third-order valence-electron chi connectivity index (χ3n) is 6.81. The van der Waals surface area contributed by atoms with Crippen LogP contribution in [0.1, 0.15) is 50.0 Å². The van der Waals surface area contributed by atoms with Crippen molar-refractivity contribution in [1.82, 2.24) is 4.90 Å². The molecule has 1 heterocycles. The molecule has 1 aliphatic heterocycles. The molecule has 1 saturated heterocycles. The van der Waals surface area contributed by atoms with Crippen LogP contribution in [-0.4, -0.2) is 52.6 Å². The smallest absolute Gasteiger partial charge is 0.123 e. The Labute approximate surface area is 178 Å². The monoisotopic (exact) mass is 413 g/mol. The van der Waals surface area contributed by atoms with E-state index in [2.05, 4.69) is 29.2 Å². The topological polar surface area (TPSA) is 52.9 Å². The minimum absolute atomic E-state index is 0.204. The van der Waals surface area contributed by atoms with Gasteiger partial charge in [0, 0.05) is 19.6 Å². The van der Waals surface area contributed by atoms with Crippen LogP contribution in [0.2, 0.25) is 0 Å². The predicted molar refractivity (Wildman–Crippen MR) is 115 cm³/mol. The third-order valence-corrected chi connectivity index (χ3v) is 6.81. The second-order valence-electron chi connectivity index (χ2n) is 9.15. The number of aliphatic hydroxyl groups is 2. The largest absolute Gasteiger partial charge is 0.491 e. The quantitative estimate of drug-likeness (QED) is 0.748. The number of likely N-dealkylation sites (tertiary alicyclic amines) is 1. The van der Waals surface area contributed by atoms with E-state index >= 15 is 0 Å². The highest BCUT2D eigenvalue weighted by Gasteiger charge is 2.39. The maximum Gasteiger partial charge on any atom is 0.123 e. The first-order valence-corrected chi connectivity index (χ1v) is 11.0. The number of piperidine rings is 1. The number of halogens is 1. The van der Waals surface area contributed by atoms with Crippen LogP contribution in [0.15, 0.2) is 54.6 Å². The van der Waals surface area contributed by atoms with Crippen LogP contribution in [-0.2, 0) is 0 Å². The molecule has 0 unspecified atom stereocenters. The van der Waals surface area contributed by atoms with E-state index in [0.29, 0.717) is 31.1 Å². The number of rotatable bonds is 6. The standard InChI is InChI=1S/C25H32FNO3/c26-22-6-8-23(9-7-22)30-19-25(29)14-16-27(17-15-25)18-24(28)12-10-21(11-13-24)20-4-2-1-3-5-20/h1-9,21,28-29H,10-19H2. The van der Waals surface area contributed by atoms with Gasteiger partial charge >= 0.3 is 0 Å². The summed E-state index contributed by atoms with van der Waals surface area (Å²) >= 11 is 0. The number of benzene rings is 2. The van der Waals surface area contributed by atoms with Crippen molar-refractivity contribution >= 4 is 0 Å². The van der Waals surface area contributed by atoms with Crippen LogP contribution >= 0.6 is 0 Å². The lowest BCUT2D eigenvalue weighted by Crippen LogP contribution is -2.52. The molecule has 5 heteroatoms. The Balaban J connectivity index is 1.23. The fourth-order valence-electron chi connectivity index (χ4n) is 4.81. The zero-order valence-corrected chi connectivity index (χ0v) is 17.5. The molecule has 0 amide bonds. The third kappa shape index (κ3) is 5.39. The molecule has 1 aliphatic carbocycles. The molecular formula is C25H32FNO3. The highest BCUT2D eigenvalue weighted by Crippen LogP contribution is 2.39. The lowest BCUT2D eigenvalue weighted by molar-refractivity contribution is -0.0786. The van der Waals surface area contributed by atoms with E-state index < -0.39 is 11.2 Å². The molecule has 2 aromatic carbocycles. The van der Waals surface area contributed by atoms with Crippen molar-refractivity contribution in [2.75, 3.05) is 26.2 Å². The molecule has 0 spiro atoms. The average Bonchev–Trinajstić information content (AvgIpc) is 2.76. The van der Waals surface area contributed by atoms with Gasteiger partial charge in [-0.15, -0.1) is 0 Å². The van der Waals surface area contributed by atoms with Gasteiger partial charge in [0.2, 0.25) is 0 Å². The zero-order valence-electron chi connectivity index (χ0n) is 17.5. The van der Waals surface area contributed by atoms with Gasteiger partial charge in [-0.3, -0.25) is 0 Å². The number of β-amino-alcohol motifs (C(OH)–C–C–N with tert-alkyl or cyclic N) is 1. The maximum absolute atomic E-state index is 13.0. The highest BCUT2D eigenvalue weighted by molar-refractivity contribution is 5.22. The first kappa shape index (κ1) is 21.3. The van der Waals surface area contributed by atoms with Crippen LogP contribution in [0, 0.1) is 5.82 Å². The second-order valence-corrected chi connectivity index (χ2v) is 9.15. The van der Waals surface area contributed by atoms with Crippen molar-refractivity contribution in [3.63, 3.8) is 0 Å². The molecule has 2 fully saturated rings. The van der Waals surface area contributed by atoms with Crippen LogP contribution < -0.4 is 4.74 Å². The number of ether oxygens (including phenoxy) is 1. The summed E-state index contributed by atoms with van der Waals surface area (Å²) < 4.78 is 18.7. The first-order valence-electron chi connectivity index (χ1n) is 11.0. The molecule has 0 bridgehead atoms. The Morgan fingerprint density at radius 1 is 0.867 bits per heavy atom. The highest BCUT2D eigenvalue weighted by atomic mass is 19.1. The number of hydrogen-bond acceptors (Lipinski definition) is 4. The van der Waals surface area contributed by atoms with Gasteiger partial charge in [-0.1, -0.05) is 30.3 Å². The van der Waals surface area contributed by atoms with E-state index in [0.717, 1.165) is 38.8 Å². The molecule has 0 aromatic heterocycles. The van der Waals surface area contributed by atoms with Crippen molar-refractivity contribution in [3.8, 4) is 5.75 Å². The summed E-state index contributed by atoms with van der Waals surface area (Å²) in [6.45, 7) is 2.36. The Bertz CT molecular complexity index is 795. The van der Waals surface area contributed by atoms with Crippen LogP contribution in [0.4, 0.5) is 4.39 Å².